The van der Waals surface area contributed by atoms with E-state index < -0.39 is 5.60 Å². The van der Waals surface area contributed by atoms with Crippen molar-refractivity contribution in [2.75, 3.05) is 0 Å². The van der Waals surface area contributed by atoms with E-state index in [1.54, 1.807) is 0 Å². The molecule has 3 heteroatoms. The summed E-state index contributed by atoms with van der Waals surface area (Å²) >= 11 is 0. The third kappa shape index (κ3) is 6.50. The van der Waals surface area contributed by atoms with E-state index in [2.05, 4.69) is 51.1 Å². The lowest BCUT2D eigenvalue weighted by molar-refractivity contribution is 0.0246. The van der Waals surface area contributed by atoms with Gasteiger partial charge in [0.2, 0.25) is 0 Å². The van der Waals surface area contributed by atoms with Gasteiger partial charge in [0.15, 0.2) is 0 Å². The minimum Gasteiger partial charge on any atom is -0.489 e. The predicted octanol–water partition coefficient (Wildman–Crippen LogP) is 5.88. The number of benzene rings is 2. The van der Waals surface area contributed by atoms with E-state index in [0.29, 0.717) is 6.61 Å². The first kappa shape index (κ1) is 22.2. The van der Waals surface area contributed by atoms with Crippen LogP contribution < -0.4 is 4.74 Å². The lowest BCUT2D eigenvalue weighted by Crippen LogP contribution is -2.25. The van der Waals surface area contributed by atoms with Gasteiger partial charge in [0.05, 0.1) is 12.2 Å². The summed E-state index contributed by atoms with van der Waals surface area (Å²) in [7, 11) is 0. The van der Waals surface area contributed by atoms with Crippen molar-refractivity contribution in [1.29, 1.82) is 0 Å². The molecule has 0 aliphatic rings. The summed E-state index contributed by atoms with van der Waals surface area (Å²) in [6.07, 6.45) is 6.51. The summed E-state index contributed by atoms with van der Waals surface area (Å²) in [5.74, 6) is 0.798. The second-order valence-corrected chi connectivity index (χ2v) is 7.34. The van der Waals surface area contributed by atoms with Crippen LogP contribution in [0.5, 0.6) is 5.75 Å². The first-order chi connectivity index (χ1) is 13.5. The van der Waals surface area contributed by atoms with Crippen molar-refractivity contribution in [3.8, 4) is 5.75 Å². The lowest BCUT2D eigenvalue weighted by atomic mass is 9.90. The van der Waals surface area contributed by atoms with Crippen molar-refractivity contribution >= 4 is 5.57 Å². The molecule has 2 N–H and O–H groups in total. The van der Waals surface area contributed by atoms with Crippen LogP contribution in [0.2, 0.25) is 0 Å². The van der Waals surface area contributed by atoms with Crippen molar-refractivity contribution in [2.45, 2.75) is 71.7 Å². The van der Waals surface area contributed by atoms with E-state index in [1.807, 2.05) is 24.3 Å². The molecule has 2 rings (SSSR count). The maximum absolute atomic E-state index is 10.5. The van der Waals surface area contributed by atoms with E-state index in [1.165, 1.54) is 11.1 Å². The van der Waals surface area contributed by atoms with E-state index >= 15 is 0 Å². The molecule has 0 saturated carbocycles. The highest BCUT2D eigenvalue weighted by Crippen LogP contribution is 2.25. The average molecular weight is 383 g/mol. The highest BCUT2D eigenvalue weighted by atomic mass is 16.5. The molecule has 152 valence electrons. The summed E-state index contributed by atoms with van der Waals surface area (Å²) in [6.45, 7) is 6.82. The lowest BCUT2D eigenvalue weighted by Gasteiger charge is -2.24. The molecule has 3 nitrogen and oxygen atoms in total. The van der Waals surface area contributed by atoms with E-state index in [9.17, 15) is 5.11 Å². The summed E-state index contributed by atoms with van der Waals surface area (Å²) in [5.41, 5.74) is 3.99. The van der Waals surface area contributed by atoms with Crippen LogP contribution in [0.1, 0.15) is 69.6 Å². The summed E-state index contributed by atoms with van der Waals surface area (Å²) in [5, 5.41) is 19.6. The Bertz CT molecular complexity index is 743. The molecule has 0 unspecified atom stereocenters. The van der Waals surface area contributed by atoms with Gasteiger partial charge in [0.25, 0.3) is 0 Å². The number of aliphatic hydroxyl groups is 2. The molecule has 0 radical (unpaired) electrons. The van der Waals surface area contributed by atoms with Crippen molar-refractivity contribution < 1.29 is 14.9 Å². The van der Waals surface area contributed by atoms with Crippen molar-refractivity contribution in [2.24, 2.45) is 0 Å². The fraction of sp³-hybridized carbons (Fsp3) is 0.440. The number of ether oxygens (including phenoxy) is 1. The molecule has 2 aromatic rings. The molecule has 0 atom stereocenters. The van der Waals surface area contributed by atoms with Crippen LogP contribution in [0.25, 0.3) is 5.57 Å². The molecular weight excluding hydrogens is 348 g/mol. The van der Waals surface area contributed by atoms with Gasteiger partial charge in [-0.3, -0.25) is 0 Å². The van der Waals surface area contributed by atoms with E-state index in [-0.39, 0.29) is 6.61 Å². The van der Waals surface area contributed by atoms with Crippen molar-refractivity contribution in [1.82, 2.24) is 0 Å². The Labute approximate surface area is 169 Å². The largest absolute Gasteiger partial charge is 0.489 e. The predicted molar refractivity (Wildman–Crippen MR) is 116 cm³/mol. The normalized spacial score (nSPS) is 12.2. The maximum atomic E-state index is 10.5. The number of aliphatic hydroxyl groups excluding tert-OH is 1. The first-order valence-electron chi connectivity index (χ1n) is 10.4. The van der Waals surface area contributed by atoms with Crippen LogP contribution in [0.4, 0.5) is 0 Å². The fourth-order valence-electron chi connectivity index (χ4n) is 3.30. The van der Waals surface area contributed by atoms with Gasteiger partial charge in [0.1, 0.15) is 12.4 Å². The Hall–Kier alpha value is -2.10. The number of hydrogen-bond acceptors (Lipinski definition) is 3. The Morgan fingerprint density at radius 3 is 2.32 bits per heavy atom. The van der Waals surface area contributed by atoms with Gasteiger partial charge in [-0.05, 0) is 72.6 Å². The minimum absolute atomic E-state index is 0.0440. The zero-order valence-corrected chi connectivity index (χ0v) is 17.4. The molecule has 0 amide bonds. The molecule has 0 aromatic heterocycles. The molecular formula is C25H34O3. The minimum atomic E-state index is -0.545. The summed E-state index contributed by atoms with van der Waals surface area (Å²) < 4.78 is 5.88. The zero-order valence-electron chi connectivity index (χ0n) is 17.4. The Balaban J connectivity index is 2.01. The third-order valence-corrected chi connectivity index (χ3v) is 5.51. The summed E-state index contributed by atoms with van der Waals surface area (Å²) in [4.78, 5) is 0. The van der Waals surface area contributed by atoms with Crippen LogP contribution in [0.3, 0.4) is 0 Å². The SMILES string of the molecule is CCC(=CCCC(O)(CC)CC)c1cccc(COc2ccc(CO)cc2)c1. The Morgan fingerprint density at radius 2 is 1.71 bits per heavy atom. The van der Waals surface area contributed by atoms with Crippen LogP contribution in [-0.4, -0.2) is 15.8 Å². The molecule has 0 saturated heterocycles. The first-order valence-corrected chi connectivity index (χ1v) is 10.4. The maximum Gasteiger partial charge on any atom is 0.119 e. The smallest absolute Gasteiger partial charge is 0.119 e. The van der Waals surface area contributed by atoms with Gasteiger partial charge in [-0.25, -0.2) is 0 Å². The molecule has 0 heterocycles. The van der Waals surface area contributed by atoms with Gasteiger partial charge in [0, 0.05) is 0 Å². The molecule has 0 fully saturated rings. The fourth-order valence-corrected chi connectivity index (χ4v) is 3.30. The van der Waals surface area contributed by atoms with Gasteiger partial charge in [-0.1, -0.05) is 57.2 Å². The standard InChI is InChI=1S/C25H34O3/c1-4-22(11-8-16-25(27,5-2)6-3)23-10-7-9-21(17-23)19-28-24-14-12-20(18-26)13-15-24/h7,9-15,17,26-27H,4-6,8,16,18-19H2,1-3H3. The highest BCUT2D eigenvalue weighted by molar-refractivity contribution is 5.65. The molecule has 2 aromatic carbocycles. The summed E-state index contributed by atoms with van der Waals surface area (Å²) in [6, 6.07) is 16.0. The number of allylic oxidation sites excluding steroid dienone is 2. The molecule has 0 aliphatic heterocycles. The van der Waals surface area contributed by atoms with Crippen molar-refractivity contribution in [3.63, 3.8) is 0 Å². The van der Waals surface area contributed by atoms with Crippen LogP contribution >= 0.6 is 0 Å². The van der Waals surface area contributed by atoms with Crippen LogP contribution in [0, 0.1) is 0 Å². The van der Waals surface area contributed by atoms with Gasteiger partial charge in [-0.2, -0.15) is 0 Å². The second-order valence-electron chi connectivity index (χ2n) is 7.34. The molecule has 0 bridgehead atoms. The average Bonchev–Trinajstić information content (AvgIpc) is 2.75. The van der Waals surface area contributed by atoms with Gasteiger partial charge < -0.3 is 14.9 Å². The molecule has 28 heavy (non-hydrogen) atoms. The van der Waals surface area contributed by atoms with Crippen molar-refractivity contribution in [3.05, 3.63) is 71.3 Å². The molecule has 0 aliphatic carbocycles. The highest BCUT2D eigenvalue weighted by Gasteiger charge is 2.20. The third-order valence-electron chi connectivity index (χ3n) is 5.51. The monoisotopic (exact) mass is 382 g/mol. The van der Waals surface area contributed by atoms with Crippen LogP contribution in [-0.2, 0) is 13.2 Å². The van der Waals surface area contributed by atoms with Crippen LogP contribution in [0.15, 0.2) is 54.6 Å². The molecule has 0 spiro atoms. The quantitative estimate of drug-likeness (QED) is 0.510. The zero-order chi connectivity index (χ0) is 20.4. The van der Waals surface area contributed by atoms with E-state index in [4.69, 9.17) is 9.84 Å². The number of hydrogen-bond donors (Lipinski definition) is 2. The Morgan fingerprint density at radius 1 is 1.00 bits per heavy atom. The van der Waals surface area contributed by atoms with Gasteiger partial charge in [-0.15, -0.1) is 0 Å². The second kappa shape index (κ2) is 11.0. The number of rotatable bonds is 11. The Kier molecular flexibility index (Phi) is 8.75. The topological polar surface area (TPSA) is 49.7 Å². The van der Waals surface area contributed by atoms with Gasteiger partial charge >= 0.3 is 0 Å². The van der Waals surface area contributed by atoms with E-state index in [0.717, 1.165) is 49.0 Å².